The highest BCUT2D eigenvalue weighted by molar-refractivity contribution is 5.78. The average molecular weight is 316 g/mol. The van der Waals surface area contributed by atoms with Crippen LogP contribution in [0.1, 0.15) is 17.5 Å². The quantitative estimate of drug-likeness (QED) is 0.458. The van der Waals surface area contributed by atoms with Crippen LogP contribution in [-0.4, -0.2) is 25.5 Å². The van der Waals surface area contributed by atoms with Crippen molar-refractivity contribution in [2.24, 2.45) is 9.98 Å². The van der Waals surface area contributed by atoms with Crippen molar-refractivity contribution in [2.45, 2.75) is 12.8 Å². The Labute approximate surface area is 145 Å². The Hall–Kier alpha value is -2.74. The van der Waals surface area contributed by atoms with Gasteiger partial charge in [0, 0.05) is 25.5 Å². The fraction of sp³-hybridized carbons (Fsp3) is 0.182. The van der Waals surface area contributed by atoms with Crippen molar-refractivity contribution in [2.75, 3.05) is 13.1 Å². The van der Waals surface area contributed by atoms with Crippen molar-refractivity contribution < 1.29 is 0 Å². The van der Waals surface area contributed by atoms with Crippen molar-refractivity contribution in [3.8, 4) is 0 Å². The number of hydrogen-bond acceptors (Lipinski definition) is 2. The predicted molar refractivity (Wildman–Crippen MR) is 106 cm³/mol. The molecule has 0 saturated carbocycles. The molecule has 0 N–H and O–H groups in total. The Balaban J connectivity index is 1.53. The molecular weight excluding hydrogens is 292 g/mol. The van der Waals surface area contributed by atoms with Crippen LogP contribution in [0.5, 0.6) is 0 Å². The minimum atomic E-state index is 0.799. The largest absolute Gasteiger partial charge is 0.293 e. The van der Waals surface area contributed by atoms with Crippen LogP contribution in [0.15, 0.2) is 88.9 Å². The molecule has 2 nitrogen and oxygen atoms in total. The minimum absolute atomic E-state index is 0.799. The zero-order valence-corrected chi connectivity index (χ0v) is 14.0. The van der Waals surface area contributed by atoms with Crippen molar-refractivity contribution in [3.05, 3.63) is 90.0 Å². The molecule has 0 fully saturated rings. The molecule has 2 aromatic carbocycles. The van der Waals surface area contributed by atoms with Gasteiger partial charge in [-0.25, -0.2) is 0 Å². The molecule has 2 aromatic rings. The molecule has 0 radical (unpaired) electrons. The normalized spacial score (nSPS) is 12.2. The smallest absolute Gasteiger partial charge is 0.0429 e. The zero-order chi connectivity index (χ0) is 16.7. The van der Waals surface area contributed by atoms with Crippen LogP contribution in [-0.2, 0) is 6.42 Å². The molecule has 0 aliphatic rings. The summed E-state index contributed by atoms with van der Waals surface area (Å²) in [5.74, 6) is 0. The van der Waals surface area contributed by atoms with E-state index in [-0.39, 0.29) is 0 Å². The van der Waals surface area contributed by atoms with E-state index >= 15 is 0 Å². The maximum Gasteiger partial charge on any atom is 0.0429 e. The number of hydrogen-bond donors (Lipinski definition) is 0. The van der Waals surface area contributed by atoms with Crippen LogP contribution < -0.4 is 0 Å². The number of aliphatic imine (C=N–C) groups is 2. The first kappa shape index (κ1) is 17.6. The number of allylic oxidation sites excluding steroid dienone is 2. The first-order chi connectivity index (χ1) is 11.9. The van der Waals surface area contributed by atoms with Gasteiger partial charge in [0.1, 0.15) is 0 Å². The lowest BCUT2D eigenvalue weighted by molar-refractivity contribution is 0.973. The molecular formula is C22H24N2. The first-order valence-corrected chi connectivity index (χ1v) is 8.35. The maximum absolute atomic E-state index is 4.39. The Bertz CT molecular complexity index is 668. The Morgan fingerprint density at radius 3 is 2.17 bits per heavy atom. The molecule has 0 aliphatic heterocycles. The van der Waals surface area contributed by atoms with Crippen LogP contribution in [0, 0.1) is 0 Å². The second-order valence-electron chi connectivity index (χ2n) is 5.33. The Morgan fingerprint density at radius 1 is 0.708 bits per heavy atom. The highest BCUT2D eigenvalue weighted by Gasteiger charge is 1.87. The monoisotopic (exact) mass is 316 g/mol. The molecule has 0 spiro atoms. The fourth-order valence-electron chi connectivity index (χ4n) is 2.13. The summed E-state index contributed by atoms with van der Waals surface area (Å²) in [6.07, 6.45) is 13.8. The van der Waals surface area contributed by atoms with Crippen LogP contribution >= 0.6 is 0 Å². The van der Waals surface area contributed by atoms with Gasteiger partial charge in [0.2, 0.25) is 0 Å². The van der Waals surface area contributed by atoms with Crippen LogP contribution in [0.25, 0.3) is 6.08 Å². The van der Waals surface area contributed by atoms with E-state index in [9.17, 15) is 0 Å². The van der Waals surface area contributed by atoms with Gasteiger partial charge in [0.05, 0.1) is 0 Å². The topological polar surface area (TPSA) is 24.7 Å². The lowest BCUT2D eigenvalue weighted by atomic mass is 10.2. The van der Waals surface area contributed by atoms with E-state index in [2.05, 4.69) is 58.5 Å². The van der Waals surface area contributed by atoms with Gasteiger partial charge in [0.25, 0.3) is 0 Å². The van der Waals surface area contributed by atoms with Gasteiger partial charge in [-0.3, -0.25) is 9.98 Å². The molecule has 0 unspecified atom stereocenters. The maximum atomic E-state index is 4.39. The van der Waals surface area contributed by atoms with Gasteiger partial charge < -0.3 is 0 Å². The molecule has 0 amide bonds. The van der Waals surface area contributed by atoms with E-state index in [1.54, 1.807) is 0 Å². The van der Waals surface area contributed by atoms with E-state index in [1.165, 1.54) is 11.1 Å². The van der Waals surface area contributed by atoms with Gasteiger partial charge in [-0.15, -0.1) is 0 Å². The van der Waals surface area contributed by atoms with E-state index in [1.807, 2.05) is 48.8 Å². The first-order valence-electron chi connectivity index (χ1n) is 8.35. The van der Waals surface area contributed by atoms with E-state index in [0.29, 0.717) is 0 Å². The summed E-state index contributed by atoms with van der Waals surface area (Å²) >= 11 is 0. The lowest BCUT2D eigenvalue weighted by Gasteiger charge is -1.95. The Morgan fingerprint density at radius 2 is 1.38 bits per heavy atom. The second-order valence-corrected chi connectivity index (χ2v) is 5.33. The highest BCUT2D eigenvalue weighted by Crippen LogP contribution is 2.00. The van der Waals surface area contributed by atoms with Crippen molar-refractivity contribution in [3.63, 3.8) is 0 Å². The summed E-state index contributed by atoms with van der Waals surface area (Å²) in [5.41, 5.74) is 2.52. The Kier molecular flexibility index (Phi) is 8.64. The molecule has 0 heterocycles. The minimum Gasteiger partial charge on any atom is -0.293 e. The van der Waals surface area contributed by atoms with Gasteiger partial charge in [-0.1, -0.05) is 72.8 Å². The van der Waals surface area contributed by atoms with Gasteiger partial charge in [-0.2, -0.15) is 0 Å². The van der Waals surface area contributed by atoms with Crippen LogP contribution in [0.3, 0.4) is 0 Å². The SMILES string of the molecule is C(=Cc1ccccc1)C=NCC/C=C/C=NCCc1ccccc1. The number of benzene rings is 2. The summed E-state index contributed by atoms with van der Waals surface area (Å²) in [6.45, 7) is 1.63. The molecule has 2 rings (SSSR count). The highest BCUT2D eigenvalue weighted by atomic mass is 14.7. The molecule has 122 valence electrons. The third-order valence-electron chi connectivity index (χ3n) is 3.40. The lowest BCUT2D eigenvalue weighted by Crippen LogP contribution is -1.88. The molecule has 24 heavy (non-hydrogen) atoms. The summed E-state index contributed by atoms with van der Waals surface area (Å²) in [5, 5.41) is 0. The summed E-state index contributed by atoms with van der Waals surface area (Å²) in [6, 6.07) is 20.7. The molecule has 0 bridgehead atoms. The molecule has 0 saturated heterocycles. The number of nitrogens with zero attached hydrogens (tertiary/aromatic N) is 2. The molecule has 0 atom stereocenters. The van der Waals surface area contributed by atoms with Gasteiger partial charge >= 0.3 is 0 Å². The standard InChI is InChI=1S/C22H24N2/c1-4-11-21(12-5-1)15-10-19-23-17-8-3-9-18-24-20-16-22-13-6-2-7-14-22/h1-7,9-15,18-19H,8,16-17,20H2/b9-3+,15-10?,23-19?,24-18?. The third-order valence-corrected chi connectivity index (χ3v) is 3.40. The third kappa shape index (κ3) is 8.04. The second kappa shape index (κ2) is 11.8. The zero-order valence-electron chi connectivity index (χ0n) is 14.0. The summed E-state index contributed by atoms with van der Waals surface area (Å²) in [4.78, 5) is 8.74. The summed E-state index contributed by atoms with van der Waals surface area (Å²) < 4.78 is 0. The average Bonchev–Trinajstić information content (AvgIpc) is 2.64. The molecule has 2 heteroatoms. The fourth-order valence-corrected chi connectivity index (χ4v) is 2.13. The van der Waals surface area contributed by atoms with E-state index < -0.39 is 0 Å². The van der Waals surface area contributed by atoms with Crippen LogP contribution in [0.2, 0.25) is 0 Å². The van der Waals surface area contributed by atoms with Gasteiger partial charge in [-0.05, 0) is 36.1 Å². The molecule has 0 aliphatic carbocycles. The number of rotatable bonds is 9. The summed E-state index contributed by atoms with van der Waals surface area (Å²) in [7, 11) is 0. The van der Waals surface area contributed by atoms with E-state index in [4.69, 9.17) is 0 Å². The predicted octanol–water partition coefficient (Wildman–Crippen LogP) is 5.03. The van der Waals surface area contributed by atoms with Crippen molar-refractivity contribution >= 4 is 18.5 Å². The van der Waals surface area contributed by atoms with Crippen molar-refractivity contribution in [1.82, 2.24) is 0 Å². The van der Waals surface area contributed by atoms with Crippen molar-refractivity contribution in [1.29, 1.82) is 0 Å². The van der Waals surface area contributed by atoms with Crippen LogP contribution in [0.4, 0.5) is 0 Å². The van der Waals surface area contributed by atoms with Gasteiger partial charge in [0.15, 0.2) is 0 Å². The van der Waals surface area contributed by atoms with E-state index in [0.717, 1.165) is 25.9 Å². The molecule has 0 aromatic heterocycles.